The van der Waals surface area contributed by atoms with Crippen molar-refractivity contribution in [3.05, 3.63) is 41.9 Å². The molecule has 0 amide bonds. The molecule has 0 radical (unpaired) electrons. The van der Waals surface area contributed by atoms with E-state index in [1.165, 1.54) is 12.8 Å². The molecule has 0 bridgehead atoms. The van der Waals surface area contributed by atoms with Crippen LogP contribution in [0.4, 0.5) is 5.82 Å². The van der Waals surface area contributed by atoms with Crippen LogP contribution < -0.4 is 5.73 Å². The second-order valence-electron chi connectivity index (χ2n) is 5.18. The second-order valence-corrected chi connectivity index (χ2v) is 5.18. The Balaban J connectivity index is 1.62. The number of anilines is 1. The molecule has 3 rings (SSSR count). The van der Waals surface area contributed by atoms with E-state index in [0.717, 1.165) is 24.2 Å². The van der Waals surface area contributed by atoms with Crippen molar-refractivity contribution in [1.82, 2.24) is 20.4 Å². The van der Waals surface area contributed by atoms with Gasteiger partial charge in [0.1, 0.15) is 5.82 Å². The molecule has 19 heavy (non-hydrogen) atoms. The highest BCUT2D eigenvalue weighted by Gasteiger charge is 2.27. The molecular formula is C14H17N5. The smallest absolute Gasteiger partial charge is 0.146 e. The first-order valence-corrected chi connectivity index (χ1v) is 6.67. The highest BCUT2D eigenvalue weighted by atomic mass is 15.1. The lowest BCUT2D eigenvalue weighted by Gasteiger charge is -2.10. The molecule has 2 heterocycles. The standard InChI is InChI=1S/C14H17N5/c15-14-6-5-13(18-19-14)11-4-3-10(8-11)9-12-2-1-7-16-17-12/h1-2,5-7,10-11H,3-4,8-9H2,(H2,15,19)/t10-,11?/m1/s1. The summed E-state index contributed by atoms with van der Waals surface area (Å²) in [5.74, 6) is 1.66. The lowest BCUT2D eigenvalue weighted by molar-refractivity contribution is 0.523. The number of rotatable bonds is 3. The van der Waals surface area contributed by atoms with Gasteiger partial charge in [0.15, 0.2) is 0 Å². The molecule has 1 saturated carbocycles. The SMILES string of the molecule is Nc1ccc(C2CC[C@@H](Cc3cccnn3)C2)nn1. The predicted octanol–water partition coefficient (Wildman–Crippen LogP) is 1.98. The summed E-state index contributed by atoms with van der Waals surface area (Å²) >= 11 is 0. The lowest BCUT2D eigenvalue weighted by atomic mass is 9.98. The minimum absolute atomic E-state index is 0.484. The molecule has 0 aliphatic heterocycles. The lowest BCUT2D eigenvalue weighted by Crippen LogP contribution is -2.04. The molecule has 1 aliphatic carbocycles. The molecule has 2 aromatic heterocycles. The van der Waals surface area contributed by atoms with Crippen molar-refractivity contribution in [2.75, 3.05) is 5.73 Å². The monoisotopic (exact) mass is 255 g/mol. The Bertz CT molecular complexity index is 525. The summed E-state index contributed by atoms with van der Waals surface area (Å²) in [5, 5.41) is 16.2. The third kappa shape index (κ3) is 2.86. The van der Waals surface area contributed by atoms with Crippen molar-refractivity contribution < 1.29 is 0 Å². The van der Waals surface area contributed by atoms with E-state index >= 15 is 0 Å². The van der Waals surface area contributed by atoms with Crippen LogP contribution in [-0.4, -0.2) is 20.4 Å². The highest BCUT2D eigenvalue weighted by Crippen LogP contribution is 2.38. The number of nitrogens with zero attached hydrogens (tertiary/aromatic N) is 4. The van der Waals surface area contributed by atoms with Crippen LogP contribution in [0.5, 0.6) is 0 Å². The Kier molecular flexibility index (Phi) is 3.35. The fourth-order valence-corrected chi connectivity index (χ4v) is 2.84. The summed E-state index contributed by atoms with van der Waals surface area (Å²) in [6.45, 7) is 0. The minimum atomic E-state index is 0.484. The predicted molar refractivity (Wildman–Crippen MR) is 72.3 cm³/mol. The Morgan fingerprint density at radius 3 is 2.79 bits per heavy atom. The van der Waals surface area contributed by atoms with Gasteiger partial charge >= 0.3 is 0 Å². The van der Waals surface area contributed by atoms with Crippen molar-refractivity contribution in [1.29, 1.82) is 0 Å². The van der Waals surface area contributed by atoms with E-state index in [-0.39, 0.29) is 0 Å². The number of aromatic nitrogens is 4. The van der Waals surface area contributed by atoms with E-state index < -0.39 is 0 Å². The van der Waals surface area contributed by atoms with E-state index in [2.05, 4.69) is 20.4 Å². The molecule has 2 N–H and O–H groups in total. The molecule has 0 saturated heterocycles. The summed E-state index contributed by atoms with van der Waals surface area (Å²) in [5.41, 5.74) is 7.71. The molecule has 2 atom stereocenters. The first-order valence-electron chi connectivity index (χ1n) is 6.67. The maximum Gasteiger partial charge on any atom is 0.146 e. The van der Waals surface area contributed by atoms with Crippen LogP contribution in [0.25, 0.3) is 0 Å². The van der Waals surface area contributed by atoms with Crippen LogP contribution >= 0.6 is 0 Å². The maximum absolute atomic E-state index is 5.57. The first-order chi connectivity index (χ1) is 9.31. The van der Waals surface area contributed by atoms with Gasteiger partial charge in [-0.1, -0.05) is 0 Å². The van der Waals surface area contributed by atoms with Gasteiger partial charge in [-0.25, -0.2) is 0 Å². The Hall–Kier alpha value is -2.04. The molecule has 0 spiro atoms. The van der Waals surface area contributed by atoms with Crippen molar-refractivity contribution in [3.8, 4) is 0 Å². The topological polar surface area (TPSA) is 77.6 Å². The zero-order chi connectivity index (χ0) is 13.1. The number of hydrogen-bond donors (Lipinski definition) is 1. The van der Waals surface area contributed by atoms with Gasteiger partial charge < -0.3 is 5.73 Å². The van der Waals surface area contributed by atoms with E-state index in [9.17, 15) is 0 Å². The maximum atomic E-state index is 5.57. The number of nitrogens with two attached hydrogens (primary N) is 1. The molecule has 1 aliphatic rings. The Labute approximate surface area is 112 Å². The van der Waals surface area contributed by atoms with Gasteiger partial charge in [0, 0.05) is 12.1 Å². The van der Waals surface area contributed by atoms with Crippen LogP contribution in [0.2, 0.25) is 0 Å². The molecule has 5 heteroatoms. The van der Waals surface area contributed by atoms with Crippen molar-refractivity contribution in [2.24, 2.45) is 5.92 Å². The summed E-state index contributed by atoms with van der Waals surface area (Å²) in [7, 11) is 0. The van der Waals surface area contributed by atoms with Crippen molar-refractivity contribution >= 4 is 5.82 Å². The zero-order valence-corrected chi connectivity index (χ0v) is 10.7. The van der Waals surface area contributed by atoms with Crippen LogP contribution in [-0.2, 0) is 6.42 Å². The fourth-order valence-electron chi connectivity index (χ4n) is 2.84. The summed E-state index contributed by atoms with van der Waals surface area (Å²) in [6, 6.07) is 7.82. The normalized spacial score (nSPS) is 22.5. The molecule has 0 aromatic carbocycles. The third-order valence-electron chi connectivity index (χ3n) is 3.79. The molecule has 5 nitrogen and oxygen atoms in total. The zero-order valence-electron chi connectivity index (χ0n) is 10.7. The highest BCUT2D eigenvalue weighted by molar-refractivity contribution is 5.27. The number of nitrogen functional groups attached to an aromatic ring is 1. The fraction of sp³-hybridized carbons (Fsp3) is 0.429. The van der Waals surface area contributed by atoms with Crippen LogP contribution in [0, 0.1) is 5.92 Å². The second kappa shape index (κ2) is 5.30. The third-order valence-corrected chi connectivity index (χ3v) is 3.79. The van der Waals surface area contributed by atoms with Gasteiger partial charge in [-0.05, 0) is 55.9 Å². The Morgan fingerprint density at radius 1 is 1.11 bits per heavy atom. The van der Waals surface area contributed by atoms with Gasteiger partial charge in [-0.3, -0.25) is 0 Å². The van der Waals surface area contributed by atoms with Crippen LogP contribution in [0.3, 0.4) is 0 Å². The average Bonchev–Trinajstić information content (AvgIpc) is 2.89. The molecule has 1 fully saturated rings. The quantitative estimate of drug-likeness (QED) is 0.907. The van der Waals surface area contributed by atoms with Gasteiger partial charge in [0.25, 0.3) is 0 Å². The van der Waals surface area contributed by atoms with Crippen molar-refractivity contribution in [2.45, 2.75) is 31.6 Å². The molecule has 98 valence electrons. The number of hydrogen-bond acceptors (Lipinski definition) is 5. The summed E-state index contributed by atoms with van der Waals surface area (Å²) < 4.78 is 0. The van der Waals surface area contributed by atoms with Gasteiger partial charge in [-0.15, -0.1) is 5.10 Å². The summed E-state index contributed by atoms with van der Waals surface area (Å²) in [6.07, 6.45) is 6.25. The van der Waals surface area contributed by atoms with Gasteiger partial charge in [0.2, 0.25) is 0 Å². The van der Waals surface area contributed by atoms with Crippen molar-refractivity contribution in [3.63, 3.8) is 0 Å². The first kappa shape index (κ1) is 12.0. The van der Waals surface area contributed by atoms with Gasteiger partial charge in [-0.2, -0.15) is 15.3 Å². The Morgan fingerprint density at radius 2 is 2.05 bits per heavy atom. The van der Waals surface area contributed by atoms with E-state index in [1.54, 1.807) is 6.20 Å². The van der Waals surface area contributed by atoms with E-state index in [4.69, 9.17) is 5.73 Å². The molecule has 2 aromatic rings. The van der Waals surface area contributed by atoms with Crippen LogP contribution in [0.15, 0.2) is 30.5 Å². The minimum Gasteiger partial charge on any atom is -0.382 e. The molecular weight excluding hydrogens is 238 g/mol. The van der Waals surface area contributed by atoms with Crippen LogP contribution in [0.1, 0.15) is 36.6 Å². The largest absolute Gasteiger partial charge is 0.382 e. The van der Waals surface area contributed by atoms with E-state index in [1.807, 2.05) is 24.3 Å². The average molecular weight is 255 g/mol. The molecule has 1 unspecified atom stereocenters. The summed E-state index contributed by atoms with van der Waals surface area (Å²) in [4.78, 5) is 0. The van der Waals surface area contributed by atoms with Gasteiger partial charge in [0.05, 0.1) is 11.4 Å². The van der Waals surface area contributed by atoms with E-state index in [0.29, 0.717) is 17.7 Å².